The SMILES string of the molecule is CC(C)(C)N([N+](=O)[O-])C(C)(C)C. The summed E-state index contributed by atoms with van der Waals surface area (Å²) in [5.74, 6) is 0. The van der Waals surface area contributed by atoms with Crippen LogP contribution in [-0.2, 0) is 0 Å². The maximum absolute atomic E-state index is 10.7. The Kier molecular flexibility index (Phi) is 2.72. The van der Waals surface area contributed by atoms with Crippen molar-refractivity contribution in [3.05, 3.63) is 10.1 Å². The highest BCUT2D eigenvalue weighted by Gasteiger charge is 2.39. The largest absolute Gasteiger partial charge is 0.235 e. The van der Waals surface area contributed by atoms with Crippen LogP contribution in [0.25, 0.3) is 0 Å². The van der Waals surface area contributed by atoms with Crippen molar-refractivity contribution >= 4 is 0 Å². The maximum Gasteiger partial charge on any atom is 0.161 e. The maximum atomic E-state index is 10.7. The molecule has 0 saturated heterocycles. The van der Waals surface area contributed by atoms with Gasteiger partial charge in [-0.2, -0.15) is 0 Å². The third kappa shape index (κ3) is 2.68. The number of nitrogens with zero attached hydrogens (tertiary/aromatic N) is 2. The van der Waals surface area contributed by atoms with Gasteiger partial charge in [0.2, 0.25) is 0 Å². The summed E-state index contributed by atoms with van der Waals surface area (Å²) in [5, 5.41) is 11.7. The fourth-order valence-corrected chi connectivity index (χ4v) is 1.50. The van der Waals surface area contributed by atoms with Crippen molar-refractivity contribution in [2.75, 3.05) is 0 Å². The smallest absolute Gasteiger partial charge is 0.161 e. The summed E-state index contributed by atoms with van der Waals surface area (Å²) in [7, 11) is 0. The minimum atomic E-state index is -0.443. The molecule has 0 rings (SSSR count). The van der Waals surface area contributed by atoms with Gasteiger partial charge in [0.05, 0.1) is 11.1 Å². The number of rotatable bonds is 1. The summed E-state index contributed by atoms with van der Waals surface area (Å²) in [6.07, 6.45) is 0. The van der Waals surface area contributed by atoms with E-state index in [0.717, 1.165) is 0 Å². The van der Waals surface area contributed by atoms with Gasteiger partial charge >= 0.3 is 0 Å². The van der Waals surface area contributed by atoms with Crippen LogP contribution in [0, 0.1) is 10.1 Å². The van der Waals surface area contributed by atoms with Crippen LogP contribution in [0.15, 0.2) is 0 Å². The average Bonchev–Trinajstić information content (AvgIpc) is 1.49. The Bertz CT molecular complexity index is 162. The Hall–Kier alpha value is -0.800. The van der Waals surface area contributed by atoms with Crippen LogP contribution in [-0.4, -0.2) is 21.1 Å². The summed E-state index contributed by atoms with van der Waals surface area (Å²) in [4.78, 5) is 10.7. The van der Waals surface area contributed by atoms with E-state index in [-0.39, 0.29) is 5.03 Å². The summed E-state index contributed by atoms with van der Waals surface area (Å²) < 4.78 is 0. The standard InChI is InChI=1S/C8H18N2O2/c1-7(2,3)9(10(11)12)8(4,5)6/h1-6H3. The van der Waals surface area contributed by atoms with Gasteiger partial charge in [0, 0.05) is 0 Å². The van der Waals surface area contributed by atoms with Crippen molar-refractivity contribution in [2.45, 2.75) is 52.6 Å². The molecule has 4 heteroatoms. The van der Waals surface area contributed by atoms with Crippen molar-refractivity contribution in [3.8, 4) is 0 Å². The first kappa shape index (κ1) is 11.2. The molecule has 0 aliphatic carbocycles. The Morgan fingerprint density at radius 3 is 1.25 bits per heavy atom. The molecule has 0 amide bonds. The predicted molar refractivity (Wildman–Crippen MR) is 48.3 cm³/mol. The molecule has 0 saturated carbocycles. The highest BCUT2D eigenvalue weighted by atomic mass is 16.7. The third-order valence-electron chi connectivity index (χ3n) is 1.43. The Balaban J connectivity index is 4.82. The van der Waals surface area contributed by atoms with Gasteiger partial charge < -0.3 is 0 Å². The van der Waals surface area contributed by atoms with Gasteiger partial charge in [0.25, 0.3) is 0 Å². The van der Waals surface area contributed by atoms with E-state index in [0.29, 0.717) is 0 Å². The molecule has 0 N–H and O–H groups in total. The van der Waals surface area contributed by atoms with Crippen LogP contribution in [0.2, 0.25) is 0 Å². The molecule has 0 unspecified atom stereocenters. The zero-order valence-electron chi connectivity index (χ0n) is 8.71. The zero-order chi connectivity index (χ0) is 10.2. The van der Waals surface area contributed by atoms with Gasteiger partial charge in [-0.1, -0.05) is 0 Å². The number of hydrazine groups is 1. The lowest BCUT2D eigenvalue weighted by molar-refractivity contribution is -0.689. The second-order valence-electron chi connectivity index (χ2n) is 4.89. The monoisotopic (exact) mass is 174 g/mol. The van der Waals surface area contributed by atoms with E-state index in [1.807, 2.05) is 41.5 Å². The molecule has 0 aromatic rings. The first-order chi connectivity index (χ1) is 5.07. The van der Waals surface area contributed by atoms with Crippen LogP contribution in [0.5, 0.6) is 0 Å². The van der Waals surface area contributed by atoms with E-state index in [1.54, 1.807) is 0 Å². The van der Waals surface area contributed by atoms with Gasteiger partial charge in [0.15, 0.2) is 5.03 Å². The van der Waals surface area contributed by atoms with Crippen molar-refractivity contribution < 1.29 is 5.03 Å². The molecular formula is C8H18N2O2. The zero-order valence-corrected chi connectivity index (χ0v) is 8.71. The molecule has 12 heavy (non-hydrogen) atoms. The van der Waals surface area contributed by atoms with Gasteiger partial charge in [-0.05, 0) is 41.5 Å². The lowest BCUT2D eigenvalue weighted by atomic mass is 9.99. The van der Waals surface area contributed by atoms with Gasteiger partial charge in [-0.25, -0.2) is 10.1 Å². The van der Waals surface area contributed by atoms with Crippen molar-refractivity contribution in [3.63, 3.8) is 0 Å². The van der Waals surface area contributed by atoms with Gasteiger partial charge in [-0.3, -0.25) is 0 Å². The molecule has 0 aromatic carbocycles. The Labute approximate surface area is 73.7 Å². The normalized spacial score (nSPS) is 12.8. The molecule has 0 bridgehead atoms. The van der Waals surface area contributed by atoms with Crippen LogP contribution < -0.4 is 0 Å². The lowest BCUT2D eigenvalue weighted by Gasteiger charge is -2.37. The molecule has 4 nitrogen and oxygen atoms in total. The molecule has 0 radical (unpaired) electrons. The van der Waals surface area contributed by atoms with Crippen molar-refractivity contribution in [2.24, 2.45) is 0 Å². The first-order valence-electron chi connectivity index (χ1n) is 4.01. The van der Waals surface area contributed by atoms with Gasteiger partial charge in [-0.15, -0.1) is 5.01 Å². The number of hydrogen-bond acceptors (Lipinski definition) is 2. The van der Waals surface area contributed by atoms with E-state index in [9.17, 15) is 10.1 Å². The highest BCUT2D eigenvalue weighted by Crippen LogP contribution is 2.23. The molecular weight excluding hydrogens is 156 g/mol. The van der Waals surface area contributed by atoms with Crippen LogP contribution in [0.3, 0.4) is 0 Å². The number of hydrogen-bond donors (Lipinski definition) is 0. The van der Waals surface area contributed by atoms with E-state index in [1.165, 1.54) is 5.01 Å². The topological polar surface area (TPSA) is 46.4 Å². The fourth-order valence-electron chi connectivity index (χ4n) is 1.50. The highest BCUT2D eigenvalue weighted by molar-refractivity contribution is 4.80. The number of nitro groups is 1. The lowest BCUT2D eigenvalue weighted by Crippen LogP contribution is -2.55. The van der Waals surface area contributed by atoms with Crippen molar-refractivity contribution in [1.82, 2.24) is 5.01 Å². The molecule has 72 valence electrons. The fraction of sp³-hybridized carbons (Fsp3) is 1.00. The van der Waals surface area contributed by atoms with Crippen LogP contribution in [0.4, 0.5) is 0 Å². The summed E-state index contributed by atoms with van der Waals surface area (Å²) in [6.45, 7) is 11.0. The molecule has 0 spiro atoms. The van der Waals surface area contributed by atoms with Crippen LogP contribution in [0.1, 0.15) is 41.5 Å². The van der Waals surface area contributed by atoms with Gasteiger partial charge in [0.1, 0.15) is 0 Å². The molecule has 0 aliphatic heterocycles. The molecule has 0 heterocycles. The minimum Gasteiger partial charge on any atom is -0.235 e. The predicted octanol–water partition coefficient (Wildman–Crippen LogP) is 2.08. The molecule has 0 aliphatic rings. The summed E-state index contributed by atoms with van der Waals surface area (Å²) in [6, 6.07) is 0. The summed E-state index contributed by atoms with van der Waals surface area (Å²) >= 11 is 0. The van der Waals surface area contributed by atoms with Crippen molar-refractivity contribution in [1.29, 1.82) is 0 Å². The molecule has 0 aromatic heterocycles. The quantitative estimate of drug-likeness (QED) is 0.451. The third-order valence-corrected chi connectivity index (χ3v) is 1.43. The Morgan fingerprint density at radius 2 is 1.25 bits per heavy atom. The average molecular weight is 174 g/mol. The molecule has 0 atom stereocenters. The minimum absolute atomic E-state index is 0.333. The van der Waals surface area contributed by atoms with E-state index < -0.39 is 11.1 Å². The summed E-state index contributed by atoms with van der Waals surface area (Å²) in [5.41, 5.74) is -0.885. The second kappa shape index (κ2) is 2.92. The second-order valence-corrected chi connectivity index (χ2v) is 4.89. The first-order valence-corrected chi connectivity index (χ1v) is 4.01. The Morgan fingerprint density at radius 1 is 1.00 bits per heavy atom. The molecule has 0 fully saturated rings. The van der Waals surface area contributed by atoms with E-state index >= 15 is 0 Å². The van der Waals surface area contributed by atoms with E-state index in [4.69, 9.17) is 0 Å². The van der Waals surface area contributed by atoms with E-state index in [2.05, 4.69) is 0 Å². The van der Waals surface area contributed by atoms with Crippen LogP contribution >= 0.6 is 0 Å².